The summed E-state index contributed by atoms with van der Waals surface area (Å²) in [6.07, 6.45) is 1.01. The summed E-state index contributed by atoms with van der Waals surface area (Å²) >= 11 is 3.30. The van der Waals surface area contributed by atoms with E-state index in [9.17, 15) is 16.8 Å². The first-order chi connectivity index (χ1) is 8.50. The van der Waals surface area contributed by atoms with Crippen LogP contribution in [0, 0.1) is 13.8 Å². The average molecular weight is 370 g/mol. The highest BCUT2D eigenvalue weighted by Crippen LogP contribution is 2.28. The van der Waals surface area contributed by atoms with Crippen LogP contribution in [0.1, 0.15) is 11.1 Å². The Morgan fingerprint density at radius 3 is 2.16 bits per heavy atom. The van der Waals surface area contributed by atoms with Crippen molar-refractivity contribution in [3.63, 3.8) is 0 Å². The molecular weight excluding hydrogens is 354 g/mol. The van der Waals surface area contributed by atoms with Gasteiger partial charge in [-0.15, -0.1) is 0 Å². The van der Waals surface area contributed by atoms with Crippen molar-refractivity contribution in [2.45, 2.75) is 13.8 Å². The minimum absolute atomic E-state index is 0.398. The number of sulfone groups is 1. The fourth-order valence-corrected chi connectivity index (χ4v) is 5.19. The molecule has 19 heavy (non-hydrogen) atoms. The molecule has 0 atom stereocenters. The highest BCUT2D eigenvalue weighted by molar-refractivity contribution is 9.10. The maximum absolute atomic E-state index is 11.8. The van der Waals surface area contributed by atoms with Crippen LogP contribution in [0.4, 0.5) is 5.69 Å². The van der Waals surface area contributed by atoms with Crippen molar-refractivity contribution in [2.24, 2.45) is 0 Å². The second kappa shape index (κ2) is 5.80. The summed E-state index contributed by atoms with van der Waals surface area (Å²) in [5, 5.41) is 0. The van der Waals surface area contributed by atoms with E-state index in [2.05, 4.69) is 20.7 Å². The Labute approximate surface area is 122 Å². The van der Waals surface area contributed by atoms with E-state index in [0.717, 1.165) is 17.4 Å². The van der Waals surface area contributed by atoms with Gasteiger partial charge in [0, 0.05) is 10.7 Å². The molecule has 1 aromatic rings. The van der Waals surface area contributed by atoms with E-state index >= 15 is 0 Å². The molecule has 0 heterocycles. The topological polar surface area (TPSA) is 80.3 Å². The summed E-state index contributed by atoms with van der Waals surface area (Å²) in [6, 6.07) is 3.64. The average Bonchev–Trinajstić information content (AvgIpc) is 2.20. The lowest BCUT2D eigenvalue weighted by Gasteiger charge is -2.13. The SMILES string of the molecule is Cc1cc(C)c(NS(=O)(=O)CCS(C)(=O)=O)c(Br)c1. The van der Waals surface area contributed by atoms with Gasteiger partial charge >= 0.3 is 0 Å². The molecule has 0 aliphatic heterocycles. The number of hydrogen-bond acceptors (Lipinski definition) is 4. The van der Waals surface area contributed by atoms with Crippen LogP contribution in [0.15, 0.2) is 16.6 Å². The molecule has 1 aromatic carbocycles. The molecule has 0 saturated heterocycles. The van der Waals surface area contributed by atoms with Crippen LogP contribution < -0.4 is 4.72 Å². The smallest absolute Gasteiger partial charge is 0.233 e. The molecule has 0 aliphatic rings. The van der Waals surface area contributed by atoms with Gasteiger partial charge in [0.25, 0.3) is 0 Å². The molecule has 5 nitrogen and oxygen atoms in total. The van der Waals surface area contributed by atoms with Gasteiger partial charge in [-0.2, -0.15) is 0 Å². The molecule has 8 heteroatoms. The van der Waals surface area contributed by atoms with Gasteiger partial charge in [-0.25, -0.2) is 16.8 Å². The van der Waals surface area contributed by atoms with Crippen molar-refractivity contribution in [2.75, 3.05) is 22.5 Å². The third kappa shape index (κ3) is 5.50. The number of halogens is 1. The summed E-state index contributed by atoms with van der Waals surface area (Å²) in [4.78, 5) is 0. The summed E-state index contributed by atoms with van der Waals surface area (Å²) in [5.41, 5.74) is 2.22. The van der Waals surface area contributed by atoms with Crippen LogP contribution in [0.2, 0.25) is 0 Å². The lowest BCUT2D eigenvalue weighted by molar-refractivity contribution is 0.593. The van der Waals surface area contributed by atoms with Gasteiger partial charge in [-0.3, -0.25) is 4.72 Å². The number of rotatable bonds is 5. The fraction of sp³-hybridized carbons (Fsp3) is 0.455. The van der Waals surface area contributed by atoms with E-state index in [0.29, 0.717) is 10.2 Å². The van der Waals surface area contributed by atoms with Crippen molar-refractivity contribution in [1.82, 2.24) is 0 Å². The molecular formula is C11H16BrNO4S2. The van der Waals surface area contributed by atoms with E-state index in [1.807, 2.05) is 13.0 Å². The molecule has 0 fully saturated rings. The van der Waals surface area contributed by atoms with Crippen molar-refractivity contribution in [3.8, 4) is 0 Å². The van der Waals surface area contributed by atoms with Gasteiger partial charge in [-0.1, -0.05) is 6.07 Å². The zero-order chi connectivity index (χ0) is 14.8. The van der Waals surface area contributed by atoms with Gasteiger partial charge < -0.3 is 0 Å². The van der Waals surface area contributed by atoms with Crippen molar-refractivity contribution in [3.05, 3.63) is 27.7 Å². The van der Waals surface area contributed by atoms with Gasteiger partial charge in [0.2, 0.25) is 10.0 Å². The Morgan fingerprint density at radius 2 is 1.68 bits per heavy atom. The fourth-order valence-electron chi connectivity index (χ4n) is 1.51. The second-order valence-electron chi connectivity index (χ2n) is 4.49. The highest BCUT2D eigenvalue weighted by atomic mass is 79.9. The first-order valence-electron chi connectivity index (χ1n) is 5.45. The lowest BCUT2D eigenvalue weighted by atomic mass is 10.1. The number of aryl methyl sites for hydroxylation is 2. The van der Waals surface area contributed by atoms with E-state index in [1.165, 1.54) is 0 Å². The van der Waals surface area contributed by atoms with Gasteiger partial charge in [-0.05, 0) is 47.0 Å². The Hall–Kier alpha value is -0.600. The Balaban J connectivity index is 2.96. The largest absolute Gasteiger partial charge is 0.282 e. The van der Waals surface area contributed by atoms with Gasteiger partial charge in [0.05, 0.1) is 17.2 Å². The molecule has 0 radical (unpaired) electrons. The molecule has 0 spiro atoms. The van der Waals surface area contributed by atoms with Crippen LogP contribution in [0.3, 0.4) is 0 Å². The van der Waals surface area contributed by atoms with Crippen LogP contribution in [-0.4, -0.2) is 34.6 Å². The summed E-state index contributed by atoms with van der Waals surface area (Å²) in [6.45, 7) is 3.69. The van der Waals surface area contributed by atoms with Crippen LogP contribution >= 0.6 is 15.9 Å². The van der Waals surface area contributed by atoms with Gasteiger partial charge in [0.1, 0.15) is 9.84 Å². The molecule has 1 rings (SSSR count). The van der Waals surface area contributed by atoms with E-state index in [4.69, 9.17) is 0 Å². The highest BCUT2D eigenvalue weighted by Gasteiger charge is 2.17. The summed E-state index contributed by atoms with van der Waals surface area (Å²) in [5.74, 6) is -0.851. The number of sulfonamides is 1. The molecule has 108 valence electrons. The summed E-state index contributed by atoms with van der Waals surface area (Å²) < 4.78 is 48.7. The molecule has 1 N–H and O–H groups in total. The number of nitrogens with one attached hydrogen (secondary N) is 1. The normalized spacial score (nSPS) is 12.4. The summed E-state index contributed by atoms with van der Waals surface area (Å²) in [7, 11) is -6.99. The Bertz CT molecular complexity index is 658. The minimum Gasteiger partial charge on any atom is -0.282 e. The maximum Gasteiger partial charge on any atom is 0.233 e. The quantitative estimate of drug-likeness (QED) is 0.858. The third-order valence-corrected chi connectivity index (χ3v) is 5.50. The minimum atomic E-state index is -3.68. The van der Waals surface area contributed by atoms with Gasteiger partial charge in [0.15, 0.2) is 0 Å². The first-order valence-corrected chi connectivity index (χ1v) is 9.96. The molecule has 0 bridgehead atoms. The molecule has 0 aliphatic carbocycles. The Morgan fingerprint density at radius 1 is 1.11 bits per heavy atom. The Kier molecular flexibility index (Phi) is 5.02. The molecule has 0 saturated carbocycles. The number of hydrogen-bond donors (Lipinski definition) is 1. The van der Waals surface area contributed by atoms with E-state index in [1.54, 1.807) is 13.0 Å². The standard InChI is InChI=1S/C11H16BrNO4S2/c1-8-6-9(2)11(10(12)7-8)13-19(16,17)5-4-18(3,14)15/h6-7,13H,4-5H2,1-3H3. The second-order valence-corrected chi connectivity index (χ2v) is 9.45. The molecule has 0 aromatic heterocycles. The number of benzene rings is 1. The monoisotopic (exact) mass is 369 g/mol. The lowest BCUT2D eigenvalue weighted by Crippen LogP contribution is -2.23. The predicted octanol–water partition coefficient (Wildman–Crippen LogP) is 1.85. The van der Waals surface area contributed by atoms with Crippen LogP contribution in [0.25, 0.3) is 0 Å². The maximum atomic E-state index is 11.8. The van der Waals surface area contributed by atoms with Crippen LogP contribution in [-0.2, 0) is 19.9 Å². The third-order valence-electron chi connectivity index (χ3n) is 2.41. The number of anilines is 1. The zero-order valence-corrected chi connectivity index (χ0v) is 14.1. The van der Waals surface area contributed by atoms with Crippen LogP contribution in [0.5, 0.6) is 0 Å². The molecule has 0 unspecified atom stereocenters. The zero-order valence-electron chi connectivity index (χ0n) is 10.9. The van der Waals surface area contributed by atoms with Crippen molar-refractivity contribution in [1.29, 1.82) is 0 Å². The predicted molar refractivity (Wildman–Crippen MR) is 80.7 cm³/mol. The van der Waals surface area contributed by atoms with Crippen molar-refractivity contribution < 1.29 is 16.8 Å². The van der Waals surface area contributed by atoms with E-state index in [-0.39, 0.29) is 0 Å². The molecule has 0 amide bonds. The van der Waals surface area contributed by atoms with Crippen molar-refractivity contribution >= 4 is 41.5 Å². The van der Waals surface area contributed by atoms with E-state index < -0.39 is 31.4 Å². The first kappa shape index (κ1) is 16.5.